The maximum atomic E-state index is 13.6. The molecule has 0 atom stereocenters. The second kappa shape index (κ2) is 12.3. The summed E-state index contributed by atoms with van der Waals surface area (Å²) in [5, 5.41) is 15.6. The Hall–Kier alpha value is -3.65. The molecule has 2 aromatic rings. The average molecular weight is 581 g/mol. The van der Waals surface area contributed by atoms with Crippen LogP contribution in [-0.2, 0) is 16.0 Å². The number of anilines is 3. The molecule has 2 aromatic carbocycles. The minimum atomic E-state index is -1.26. The van der Waals surface area contributed by atoms with Crippen LogP contribution in [0, 0.1) is 11.8 Å². The lowest BCUT2D eigenvalue weighted by atomic mass is 10.1. The second-order valence-corrected chi connectivity index (χ2v) is 10.1. The number of carbonyl (C=O) groups excluding carboxylic acids is 1. The maximum absolute atomic E-state index is 13.6. The first-order valence-electron chi connectivity index (χ1n) is 12.3. The highest BCUT2D eigenvalue weighted by Crippen LogP contribution is 2.46. The van der Waals surface area contributed by atoms with E-state index in [4.69, 9.17) is 10.2 Å². The van der Waals surface area contributed by atoms with Crippen LogP contribution in [0.1, 0.15) is 15.9 Å². The molecule has 1 fully saturated rings. The van der Waals surface area contributed by atoms with Gasteiger partial charge in [-0.2, -0.15) is 0 Å². The molecule has 1 amide bonds. The molecule has 1 saturated heterocycles. The van der Waals surface area contributed by atoms with Crippen molar-refractivity contribution in [3.63, 3.8) is 0 Å². The van der Waals surface area contributed by atoms with Crippen LogP contribution in [0.5, 0.6) is 0 Å². The molecule has 0 saturated carbocycles. The number of hydrogen-bond donors (Lipinski definition) is 2. The SMILES string of the molecule is CN1CCN(CC#CCN2C(=O)c3cccc4c3N(CC4)c3ccc(Br)cc32)CC1.O=C(O)C=CC(=O)O. The fraction of sp³-hybridized carbons (Fsp3) is 0.321. The standard InChI is InChI=1S/C24H25BrN4O.C4H4O4/c1-26-13-15-27(16-14-26)10-2-3-11-29-22-17-19(25)7-8-21(22)28-12-9-18-5-4-6-20(23(18)28)24(29)30;5-3(6)1-2-4(7)8/h4-8,17H,9-16H2,1H3;1-2H,(H,5,6)(H,7,8). The van der Waals surface area contributed by atoms with Gasteiger partial charge in [-0.1, -0.05) is 39.9 Å². The van der Waals surface area contributed by atoms with E-state index in [2.05, 4.69) is 61.7 Å². The van der Waals surface area contributed by atoms with Crippen molar-refractivity contribution >= 4 is 50.8 Å². The van der Waals surface area contributed by atoms with Crippen LogP contribution < -0.4 is 9.80 Å². The van der Waals surface area contributed by atoms with E-state index in [1.54, 1.807) is 0 Å². The van der Waals surface area contributed by atoms with Crippen LogP contribution in [0.3, 0.4) is 0 Å². The summed E-state index contributed by atoms with van der Waals surface area (Å²) in [6.07, 6.45) is 2.08. The third-order valence-corrected chi connectivity index (χ3v) is 7.11. The zero-order chi connectivity index (χ0) is 27.2. The normalized spacial score (nSPS) is 16.6. The van der Waals surface area contributed by atoms with Gasteiger partial charge in [-0.3, -0.25) is 14.6 Å². The van der Waals surface area contributed by atoms with E-state index < -0.39 is 11.9 Å². The van der Waals surface area contributed by atoms with Gasteiger partial charge in [0.25, 0.3) is 5.91 Å². The van der Waals surface area contributed by atoms with Gasteiger partial charge < -0.3 is 20.0 Å². The fourth-order valence-electron chi connectivity index (χ4n) is 4.67. The molecule has 5 rings (SSSR count). The van der Waals surface area contributed by atoms with Crippen LogP contribution >= 0.6 is 15.9 Å². The number of amides is 1. The third kappa shape index (κ3) is 6.42. The Morgan fingerprint density at radius 2 is 1.63 bits per heavy atom. The smallest absolute Gasteiger partial charge is 0.328 e. The van der Waals surface area contributed by atoms with Crippen molar-refractivity contribution in [1.82, 2.24) is 9.80 Å². The first kappa shape index (κ1) is 27.4. The number of halogens is 1. The van der Waals surface area contributed by atoms with Crippen molar-refractivity contribution in [3.8, 4) is 11.8 Å². The number of carboxylic acids is 2. The van der Waals surface area contributed by atoms with E-state index in [1.165, 1.54) is 5.56 Å². The number of piperazine rings is 1. The molecule has 0 radical (unpaired) electrons. The minimum Gasteiger partial charge on any atom is -0.478 e. The number of fused-ring (bicyclic) bond motifs is 2. The van der Waals surface area contributed by atoms with Crippen molar-refractivity contribution in [2.45, 2.75) is 6.42 Å². The van der Waals surface area contributed by atoms with Gasteiger partial charge in [0, 0.05) is 49.3 Å². The monoisotopic (exact) mass is 580 g/mol. The lowest BCUT2D eigenvalue weighted by Gasteiger charge is -2.30. The molecule has 0 aromatic heterocycles. The van der Waals surface area contributed by atoms with Crippen molar-refractivity contribution in [3.05, 3.63) is 64.1 Å². The Labute approximate surface area is 230 Å². The van der Waals surface area contributed by atoms with Gasteiger partial charge >= 0.3 is 11.9 Å². The van der Waals surface area contributed by atoms with Crippen LogP contribution in [0.15, 0.2) is 53.0 Å². The van der Waals surface area contributed by atoms with Crippen molar-refractivity contribution in [2.24, 2.45) is 0 Å². The Morgan fingerprint density at radius 3 is 2.32 bits per heavy atom. The summed E-state index contributed by atoms with van der Waals surface area (Å²) in [4.78, 5) is 41.5. The predicted molar refractivity (Wildman–Crippen MR) is 149 cm³/mol. The van der Waals surface area contributed by atoms with Gasteiger partial charge in [0.2, 0.25) is 0 Å². The lowest BCUT2D eigenvalue weighted by Crippen LogP contribution is -2.44. The molecule has 3 heterocycles. The van der Waals surface area contributed by atoms with Gasteiger partial charge in [0.05, 0.1) is 35.7 Å². The Morgan fingerprint density at radius 1 is 0.947 bits per heavy atom. The highest BCUT2D eigenvalue weighted by molar-refractivity contribution is 9.10. The number of para-hydroxylation sites is 1. The number of likely N-dealkylation sites (N-methyl/N-ethyl adjacent to an activating group) is 1. The second-order valence-electron chi connectivity index (χ2n) is 9.18. The largest absolute Gasteiger partial charge is 0.478 e. The average Bonchev–Trinajstić information content (AvgIpc) is 3.29. The molecule has 0 unspecified atom stereocenters. The van der Waals surface area contributed by atoms with Gasteiger partial charge in [-0.25, -0.2) is 9.59 Å². The molecule has 0 spiro atoms. The molecule has 10 heteroatoms. The van der Waals surface area contributed by atoms with Gasteiger partial charge in [-0.05, 0) is 43.3 Å². The molecule has 38 heavy (non-hydrogen) atoms. The van der Waals surface area contributed by atoms with E-state index in [-0.39, 0.29) is 5.91 Å². The molecule has 3 aliphatic heterocycles. The quantitative estimate of drug-likeness (QED) is 0.420. The van der Waals surface area contributed by atoms with Crippen LogP contribution in [0.25, 0.3) is 0 Å². The number of nitrogens with zero attached hydrogens (tertiary/aromatic N) is 4. The third-order valence-electron chi connectivity index (χ3n) is 6.62. The van der Waals surface area contributed by atoms with Crippen molar-refractivity contribution < 1.29 is 24.6 Å². The summed E-state index contributed by atoms with van der Waals surface area (Å²) in [6, 6.07) is 12.3. The number of hydrogen-bond acceptors (Lipinski definition) is 6. The first-order valence-corrected chi connectivity index (χ1v) is 13.1. The topological polar surface area (TPSA) is 105 Å². The molecule has 3 aliphatic rings. The zero-order valence-corrected chi connectivity index (χ0v) is 22.6. The van der Waals surface area contributed by atoms with Crippen LogP contribution in [0.2, 0.25) is 0 Å². The molecule has 2 N–H and O–H groups in total. The Kier molecular flexibility index (Phi) is 8.84. The Bertz CT molecular complexity index is 1310. The number of rotatable bonds is 4. The molecular weight excluding hydrogens is 552 g/mol. The summed E-state index contributed by atoms with van der Waals surface area (Å²) in [6.45, 7) is 6.33. The van der Waals surface area contributed by atoms with Gasteiger partial charge in [0.15, 0.2) is 0 Å². The van der Waals surface area contributed by atoms with Crippen molar-refractivity contribution in [2.75, 3.05) is 62.7 Å². The minimum absolute atomic E-state index is 0.0319. The summed E-state index contributed by atoms with van der Waals surface area (Å²) in [5.41, 5.74) is 5.10. The maximum Gasteiger partial charge on any atom is 0.328 e. The lowest BCUT2D eigenvalue weighted by molar-refractivity contribution is -0.134. The van der Waals surface area contributed by atoms with E-state index in [9.17, 15) is 14.4 Å². The highest BCUT2D eigenvalue weighted by Gasteiger charge is 2.34. The van der Waals surface area contributed by atoms with Gasteiger partial charge in [0.1, 0.15) is 0 Å². The molecule has 0 bridgehead atoms. The molecule has 9 nitrogen and oxygen atoms in total. The number of benzene rings is 2. The molecular formula is C28H29BrN4O5. The first-order chi connectivity index (χ1) is 18.2. The zero-order valence-electron chi connectivity index (χ0n) is 21.1. The van der Waals surface area contributed by atoms with E-state index in [0.717, 1.165) is 72.8 Å². The summed E-state index contributed by atoms with van der Waals surface area (Å²) in [5.74, 6) is 4.10. The molecule has 198 valence electrons. The fourth-order valence-corrected chi connectivity index (χ4v) is 5.02. The van der Waals surface area contributed by atoms with Gasteiger partial charge in [-0.15, -0.1) is 0 Å². The van der Waals surface area contributed by atoms with Crippen molar-refractivity contribution in [1.29, 1.82) is 0 Å². The number of aliphatic carboxylic acids is 2. The summed E-state index contributed by atoms with van der Waals surface area (Å²) in [7, 11) is 2.16. The molecule has 0 aliphatic carbocycles. The number of carboxylic acid groups (broad SMARTS) is 2. The van der Waals surface area contributed by atoms with E-state index >= 15 is 0 Å². The predicted octanol–water partition coefficient (Wildman–Crippen LogP) is 3.07. The Balaban J connectivity index is 0.000000368. The van der Waals surface area contributed by atoms with Crippen LogP contribution in [-0.4, -0.2) is 90.7 Å². The van der Waals surface area contributed by atoms with Crippen LogP contribution in [0.4, 0.5) is 17.1 Å². The highest BCUT2D eigenvalue weighted by atomic mass is 79.9. The summed E-state index contributed by atoms with van der Waals surface area (Å²) < 4.78 is 0.967. The summed E-state index contributed by atoms with van der Waals surface area (Å²) >= 11 is 3.59. The number of carbonyl (C=O) groups is 3. The van der Waals surface area contributed by atoms with E-state index in [1.807, 2.05) is 29.2 Å². The van der Waals surface area contributed by atoms with E-state index in [0.29, 0.717) is 18.7 Å².